The summed E-state index contributed by atoms with van der Waals surface area (Å²) in [5.74, 6) is 0.365. The number of hydrogen-bond donors (Lipinski definition) is 1. The van der Waals surface area contributed by atoms with Gasteiger partial charge in [-0.2, -0.15) is 13.2 Å². The van der Waals surface area contributed by atoms with Crippen LogP contribution in [0.5, 0.6) is 11.5 Å². The zero-order valence-electron chi connectivity index (χ0n) is 11.3. The lowest BCUT2D eigenvalue weighted by atomic mass is 10.1. The summed E-state index contributed by atoms with van der Waals surface area (Å²) in [7, 11) is 1.52. The second-order valence-electron chi connectivity index (χ2n) is 4.39. The summed E-state index contributed by atoms with van der Waals surface area (Å²) in [5.41, 5.74) is 5.26. The van der Waals surface area contributed by atoms with Crippen molar-refractivity contribution in [2.24, 2.45) is 0 Å². The highest BCUT2D eigenvalue weighted by molar-refractivity contribution is 5.49. The van der Waals surface area contributed by atoms with Crippen LogP contribution in [0, 0.1) is 0 Å². The summed E-state index contributed by atoms with van der Waals surface area (Å²) in [6.45, 7) is 0.00416. The third-order valence-electron chi connectivity index (χ3n) is 2.84. The number of halogens is 3. The maximum Gasteiger partial charge on any atom is 0.420 e. The van der Waals surface area contributed by atoms with Gasteiger partial charge >= 0.3 is 6.18 Å². The number of methoxy groups -OCH3 is 1. The monoisotopic (exact) mass is 297 g/mol. The van der Waals surface area contributed by atoms with E-state index in [0.717, 1.165) is 6.07 Å². The normalized spacial score (nSPS) is 11.2. The van der Waals surface area contributed by atoms with E-state index in [2.05, 4.69) is 0 Å². The molecule has 0 aliphatic carbocycles. The summed E-state index contributed by atoms with van der Waals surface area (Å²) in [6, 6.07) is 10.4. The zero-order chi connectivity index (χ0) is 15.5. The van der Waals surface area contributed by atoms with Crippen LogP contribution in [0.1, 0.15) is 11.1 Å². The maximum atomic E-state index is 12.9. The van der Waals surface area contributed by atoms with E-state index in [-0.39, 0.29) is 18.0 Å². The van der Waals surface area contributed by atoms with E-state index in [0.29, 0.717) is 11.3 Å². The van der Waals surface area contributed by atoms with E-state index in [1.54, 1.807) is 24.3 Å². The highest BCUT2D eigenvalue weighted by atomic mass is 19.4. The van der Waals surface area contributed by atoms with Crippen LogP contribution in [0.2, 0.25) is 0 Å². The van der Waals surface area contributed by atoms with Crippen molar-refractivity contribution in [3.8, 4) is 11.5 Å². The van der Waals surface area contributed by atoms with Gasteiger partial charge in [-0.05, 0) is 35.9 Å². The van der Waals surface area contributed by atoms with Crippen LogP contribution in [0.25, 0.3) is 0 Å². The Balaban J connectivity index is 2.20. The van der Waals surface area contributed by atoms with Crippen molar-refractivity contribution in [1.29, 1.82) is 0 Å². The summed E-state index contributed by atoms with van der Waals surface area (Å²) < 4.78 is 49.1. The van der Waals surface area contributed by atoms with Crippen LogP contribution < -0.4 is 15.2 Å². The molecule has 2 aromatic rings. The molecule has 0 saturated carbocycles. The summed E-state index contributed by atoms with van der Waals surface area (Å²) >= 11 is 0. The predicted molar refractivity (Wildman–Crippen MR) is 73.2 cm³/mol. The molecule has 6 heteroatoms. The molecule has 0 atom stereocenters. The van der Waals surface area contributed by atoms with Crippen LogP contribution >= 0.6 is 0 Å². The van der Waals surface area contributed by atoms with Crippen LogP contribution in [-0.4, -0.2) is 7.11 Å². The summed E-state index contributed by atoms with van der Waals surface area (Å²) in [5, 5.41) is 0. The molecule has 112 valence electrons. The number of anilines is 1. The molecule has 0 radical (unpaired) electrons. The smallest absolute Gasteiger partial charge is 0.420 e. The van der Waals surface area contributed by atoms with Crippen LogP contribution in [0.4, 0.5) is 18.9 Å². The van der Waals surface area contributed by atoms with Gasteiger partial charge in [0.05, 0.1) is 12.7 Å². The quantitative estimate of drug-likeness (QED) is 0.871. The van der Waals surface area contributed by atoms with Gasteiger partial charge in [-0.15, -0.1) is 0 Å². The molecule has 0 unspecified atom stereocenters. The van der Waals surface area contributed by atoms with Gasteiger partial charge in [0.1, 0.15) is 18.1 Å². The Morgan fingerprint density at radius 1 is 1.10 bits per heavy atom. The largest absolute Gasteiger partial charge is 0.497 e. The number of rotatable bonds is 4. The van der Waals surface area contributed by atoms with E-state index >= 15 is 0 Å². The minimum Gasteiger partial charge on any atom is -0.497 e. The lowest BCUT2D eigenvalue weighted by Crippen LogP contribution is -2.09. The topological polar surface area (TPSA) is 44.5 Å². The predicted octanol–water partition coefficient (Wildman–Crippen LogP) is 3.88. The third-order valence-corrected chi connectivity index (χ3v) is 2.84. The minimum atomic E-state index is -4.51. The van der Waals surface area contributed by atoms with Gasteiger partial charge in [-0.3, -0.25) is 0 Å². The zero-order valence-corrected chi connectivity index (χ0v) is 11.3. The molecule has 0 fully saturated rings. The molecule has 0 aliphatic heterocycles. The van der Waals surface area contributed by atoms with E-state index in [9.17, 15) is 13.2 Å². The first-order chi connectivity index (χ1) is 9.90. The molecular formula is C15H14F3NO2. The highest BCUT2D eigenvalue weighted by Crippen LogP contribution is 2.37. The van der Waals surface area contributed by atoms with E-state index in [1.165, 1.54) is 19.2 Å². The lowest BCUT2D eigenvalue weighted by Gasteiger charge is -2.14. The Hall–Kier alpha value is -2.37. The van der Waals surface area contributed by atoms with Crippen LogP contribution in [0.3, 0.4) is 0 Å². The molecule has 0 bridgehead atoms. The van der Waals surface area contributed by atoms with Crippen LogP contribution in [-0.2, 0) is 12.8 Å². The van der Waals surface area contributed by atoms with E-state index in [4.69, 9.17) is 15.2 Å². The fraction of sp³-hybridized carbons (Fsp3) is 0.200. The Bertz CT molecular complexity index is 627. The third kappa shape index (κ3) is 3.81. The van der Waals surface area contributed by atoms with Gasteiger partial charge in [0.2, 0.25) is 0 Å². The Morgan fingerprint density at radius 2 is 1.86 bits per heavy atom. The van der Waals surface area contributed by atoms with E-state index in [1.807, 2.05) is 0 Å². The SMILES string of the molecule is COc1cccc(COc2ccc(N)cc2C(F)(F)F)c1. The standard InChI is InChI=1S/C15H14F3NO2/c1-20-12-4-2-3-10(7-12)9-21-14-6-5-11(19)8-13(14)15(16,17)18/h2-8H,9,19H2,1H3. The van der Waals surface area contributed by atoms with Crippen molar-refractivity contribution < 1.29 is 22.6 Å². The van der Waals surface area contributed by atoms with Gasteiger partial charge in [-0.25, -0.2) is 0 Å². The van der Waals surface area contributed by atoms with Crippen molar-refractivity contribution in [2.75, 3.05) is 12.8 Å². The average molecular weight is 297 g/mol. The molecular weight excluding hydrogens is 283 g/mol. The number of hydrogen-bond acceptors (Lipinski definition) is 3. The molecule has 0 heterocycles. The maximum absolute atomic E-state index is 12.9. The number of benzene rings is 2. The Kier molecular flexibility index (Phi) is 4.26. The average Bonchev–Trinajstić information content (AvgIpc) is 2.45. The minimum absolute atomic E-state index is 0.00416. The molecule has 2 N–H and O–H groups in total. The molecule has 2 aromatic carbocycles. The molecule has 0 spiro atoms. The molecule has 0 aliphatic rings. The van der Waals surface area contributed by atoms with Gasteiger partial charge in [0, 0.05) is 5.69 Å². The van der Waals surface area contributed by atoms with Crippen molar-refractivity contribution in [1.82, 2.24) is 0 Å². The fourth-order valence-corrected chi connectivity index (χ4v) is 1.82. The Morgan fingerprint density at radius 3 is 2.52 bits per heavy atom. The lowest BCUT2D eigenvalue weighted by molar-refractivity contribution is -0.139. The molecule has 0 amide bonds. The number of nitrogen functional groups attached to an aromatic ring is 1. The van der Waals surface area contributed by atoms with Crippen LogP contribution in [0.15, 0.2) is 42.5 Å². The van der Waals surface area contributed by atoms with Crippen molar-refractivity contribution in [3.05, 3.63) is 53.6 Å². The van der Waals surface area contributed by atoms with Gasteiger partial charge in [0.25, 0.3) is 0 Å². The number of ether oxygens (including phenoxy) is 2. The number of alkyl halides is 3. The summed E-state index contributed by atoms with van der Waals surface area (Å²) in [4.78, 5) is 0. The fourth-order valence-electron chi connectivity index (χ4n) is 1.82. The molecule has 3 nitrogen and oxygen atoms in total. The van der Waals surface area contributed by atoms with Gasteiger partial charge < -0.3 is 15.2 Å². The second kappa shape index (κ2) is 5.95. The van der Waals surface area contributed by atoms with Crippen molar-refractivity contribution in [3.63, 3.8) is 0 Å². The first kappa shape index (κ1) is 15.0. The number of nitrogens with two attached hydrogens (primary N) is 1. The molecule has 0 aromatic heterocycles. The first-order valence-electron chi connectivity index (χ1n) is 6.12. The van der Waals surface area contributed by atoms with Gasteiger partial charge in [-0.1, -0.05) is 12.1 Å². The highest BCUT2D eigenvalue weighted by Gasteiger charge is 2.34. The summed E-state index contributed by atoms with van der Waals surface area (Å²) in [6.07, 6.45) is -4.51. The second-order valence-corrected chi connectivity index (χ2v) is 4.39. The Labute approximate surface area is 120 Å². The molecule has 0 saturated heterocycles. The van der Waals surface area contributed by atoms with E-state index < -0.39 is 11.7 Å². The first-order valence-corrected chi connectivity index (χ1v) is 6.12. The van der Waals surface area contributed by atoms with Gasteiger partial charge in [0.15, 0.2) is 0 Å². The van der Waals surface area contributed by atoms with Crippen molar-refractivity contribution in [2.45, 2.75) is 12.8 Å². The molecule has 21 heavy (non-hydrogen) atoms. The molecule has 2 rings (SSSR count). The van der Waals surface area contributed by atoms with Crippen molar-refractivity contribution >= 4 is 5.69 Å².